The highest BCUT2D eigenvalue weighted by Gasteiger charge is 2.34. The lowest BCUT2D eigenvalue weighted by Crippen LogP contribution is -2.27. The molecule has 1 aromatic rings. The van der Waals surface area contributed by atoms with Crippen LogP contribution in [-0.4, -0.2) is 24.0 Å². The van der Waals surface area contributed by atoms with Crippen molar-refractivity contribution in [3.05, 3.63) is 23.5 Å². The average molecular weight is 219 g/mol. The predicted octanol–water partition coefficient (Wildman–Crippen LogP) is 1.57. The van der Waals surface area contributed by atoms with Crippen LogP contribution in [0.4, 0.5) is 5.69 Å². The molecule has 1 fully saturated rings. The van der Waals surface area contributed by atoms with Gasteiger partial charge in [0.25, 0.3) is 5.91 Å². The molecule has 0 aliphatic heterocycles. The van der Waals surface area contributed by atoms with Gasteiger partial charge in [0.2, 0.25) is 0 Å². The first-order chi connectivity index (χ1) is 7.61. The zero-order valence-electron chi connectivity index (χ0n) is 9.87. The smallest absolute Gasteiger partial charge is 0.255 e. The molecule has 2 rings (SSSR count). The molecule has 1 aromatic heterocycles. The number of rotatable bonds is 3. The zero-order valence-corrected chi connectivity index (χ0v) is 9.87. The maximum absolute atomic E-state index is 11.9. The van der Waals surface area contributed by atoms with E-state index in [4.69, 9.17) is 0 Å². The summed E-state index contributed by atoms with van der Waals surface area (Å²) in [7, 11) is 1.81. The summed E-state index contributed by atoms with van der Waals surface area (Å²) in [6.45, 7) is 4.04. The molecular weight excluding hydrogens is 202 g/mol. The fourth-order valence-corrected chi connectivity index (χ4v) is 1.72. The molecule has 2 N–H and O–H groups in total. The van der Waals surface area contributed by atoms with Crippen molar-refractivity contribution in [2.24, 2.45) is 5.92 Å². The molecule has 2 unspecified atom stereocenters. The molecule has 1 aliphatic rings. The maximum Gasteiger partial charge on any atom is 0.255 e. The van der Waals surface area contributed by atoms with E-state index in [0.29, 0.717) is 17.5 Å². The van der Waals surface area contributed by atoms with Crippen LogP contribution in [0.2, 0.25) is 0 Å². The van der Waals surface area contributed by atoms with Crippen molar-refractivity contribution in [3.8, 4) is 0 Å². The number of aryl methyl sites for hydroxylation is 1. The number of aromatic nitrogens is 1. The van der Waals surface area contributed by atoms with E-state index >= 15 is 0 Å². The van der Waals surface area contributed by atoms with Gasteiger partial charge in [-0.15, -0.1) is 0 Å². The molecule has 4 heteroatoms. The van der Waals surface area contributed by atoms with Gasteiger partial charge in [-0.1, -0.05) is 6.92 Å². The highest BCUT2D eigenvalue weighted by atomic mass is 16.1. The Morgan fingerprint density at radius 2 is 2.25 bits per heavy atom. The van der Waals surface area contributed by atoms with Crippen LogP contribution in [0.1, 0.15) is 29.4 Å². The first kappa shape index (κ1) is 10.9. The average Bonchev–Trinajstić information content (AvgIpc) is 2.93. The standard InChI is InChI=1S/C12H17N3O/c1-7-4-10(7)15-12(16)9-6-14-8(2)5-11(9)13-3/h5-7,10H,4H2,1-3H3,(H,13,14)(H,15,16). The molecule has 4 nitrogen and oxygen atoms in total. The second kappa shape index (κ2) is 4.12. The summed E-state index contributed by atoms with van der Waals surface area (Å²) in [5.74, 6) is 0.576. The van der Waals surface area contributed by atoms with Gasteiger partial charge in [-0.05, 0) is 25.3 Å². The highest BCUT2D eigenvalue weighted by Crippen LogP contribution is 2.29. The Labute approximate surface area is 95.5 Å². The maximum atomic E-state index is 11.9. The Balaban J connectivity index is 2.15. The number of anilines is 1. The van der Waals surface area contributed by atoms with Crippen molar-refractivity contribution < 1.29 is 4.79 Å². The number of nitrogens with one attached hydrogen (secondary N) is 2. The predicted molar refractivity (Wildman–Crippen MR) is 63.6 cm³/mol. The van der Waals surface area contributed by atoms with Gasteiger partial charge in [-0.3, -0.25) is 9.78 Å². The van der Waals surface area contributed by atoms with E-state index in [1.165, 1.54) is 0 Å². The fraction of sp³-hybridized carbons (Fsp3) is 0.500. The summed E-state index contributed by atoms with van der Waals surface area (Å²) >= 11 is 0. The SMILES string of the molecule is CNc1cc(C)ncc1C(=O)NC1CC1C. The normalized spacial score (nSPS) is 22.7. The Morgan fingerprint density at radius 1 is 1.56 bits per heavy atom. The Morgan fingerprint density at radius 3 is 2.81 bits per heavy atom. The van der Waals surface area contributed by atoms with Gasteiger partial charge in [0, 0.05) is 25.0 Å². The van der Waals surface area contributed by atoms with Crippen molar-refractivity contribution in [3.63, 3.8) is 0 Å². The summed E-state index contributed by atoms with van der Waals surface area (Å²) in [5, 5.41) is 6.02. The molecule has 16 heavy (non-hydrogen) atoms. The van der Waals surface area contributed by atoms with Crippen LogP contribution in [-0.2, 0) is 0 Å². The summed E-state index contributed by atoms with van der Waals surface area (Å²) in [6, 6.07) is 2.23. The van der Waals surface area contributed by atoms with Gasteiger partial charge < -0.3 is 10.6 Å². The van der Waals surface area contributed by atoms with Crippen LogP contribution >= 0.6 is 0 Å². The molecule has 2 atom stereocenters. The summed E-state index contributed by atoms with van der Waals surface area (Å²) in [5.41, 5.74) is 2.35. The molecule has 0 aromatic carbocycles. The summed E-state index contributed by atoms with van der Waals surface area (Å²) in [4.78, 5) is 16.1. The molecule has 0 spiro atoms. The Hall–Kier alpha value is -1.58. The molecule has 86 valence electrons. The lowest BCUT2D eigenvalue weighted by Gasteiger charge is -2.09. The second-order valence-corrected chi connectivity index (χ2v) is 4.41. The van der Waals surface area contributed by atoms with Gasteiger partial charge in [-0.2, -0.15) is 0 Å². The van der Waals surface area contributed by atoms with Gasteiger partial charge in [0.05, 0.1) is 11.3 Å². The molecule has 1 aliphatic carbocycles. The van der Waals surface area contributed by atoms with Crippen molar-refractivity contribution in [1.29, 1.82) is 0 Å². The van der Waals surface area contributed by atoms with Crippen molar-refractivity contribution >= 4 is 11.6 Å². The van der Waals surface area contributed by atoms with Crippen LogP contribution in [0.15, 0.2) is 12.3 Å². The van der Waals surface area contributed by atoms with E-state index in [1.807, 2.05) is 20.0 Å². The van der Waals surface area contributed by atoms with Crippen LogP contribution in [0, 0.1) is 12.8 Å². The molecular formula is C12H17N3O. The van der Waals surface area contributed by atoms with E-state index in [-0.39, 0.29) is 5.91 Å². The number of amides is 1. The van der Waals surface area contributed by atoms with E-state index in [0.717, 1.165) is 17.8 Å². The highest BCUT2D eigenvalue weighted by molar-refractivity contribution is 5.99. The second-order valence-electron chi connectivity index (χ2n) is 4.41. The molecule has 0 radical (unpaired) electrons. The van der Waals surface area contributed by atoms with E-state index in [2.05, 4.69) is 22.5 Å². The Bertz CT molecular complexity index is 417. The third-order valence-electron chi connectivity index (χ3n) is 2.98. The largest absolute Gasteiger partial charge is 0.387 e. The minimum Gasteiger partial charge on any atom is -0.387 e. The minimum atomic E-state index is -0.0359. The van der Waals surface area contributed by atoms with E-state index in [9.17, 15) is 4.79 Å². The summed E-state index contributed by atoms with van der Waals surface area (Å²) < 4.78 is 0. The number of carbonyl (C=O) groups excluding carboxylic acids is 1. The minimum absolute atomic E-state index is 0.0359. The number of carbonyl (C=O) groups is 1. The third kappa shape index (κ3) is 2.15. The number of nitrogens with zero attached hydrogens (tertiary/aromatic N) is 1. The molecule has 0 saturated heterocycles. The van der Waals surface area contributed by atoms with Gasteiger partial charge in [-0.25, -0.2) is 0 Å². The molecule has 0 bridgehead atoms. The molecule has 1 saturated carbocycles. The summed E-state index contributed by atoms with van der Waals surface area (Å²) in [6.07, 6.45) is 2.71. The van der Waals surface area contributed by atoms with Crippen molar-refractivity contribution in [2.75, 3.05) is 12.4 Å². The quantitative estimate of drug-likeness (QED) is 0.811. The lowest BCUT2D eigenvalue weighted by molar-refractivity contribution is 0.0950. The van der Waals surface area contributed by atoms with Crippen LogP contribution in [0.3, 0.4) is 0 Å². The molecule has 1 amide bonds. The lowest BCUT2D eigenvalue weighted by atomic mass is 10.2. The van der Waals surface area contributed by atoms with Gasteiger partial charge in [0.15, 0.2) is 0 Å². The number of pyridine rings is 1. The topological polar surface area (TPSA) is 54.0 Å². The van der Waals surface area contributed by atoms with Gasteiger partial charge in [0.1, 0.15) is 0 Å². The van der Waals surface area contributed by atoms with Crippen molar-refractivity contribution in [1.82, 2.24) is 10.3 Å². The Kier molecular flexibility index (Phi) is 2.81. The van der Waals surface area contributed by atoms with Gasteiger partial charge >= 0.3 is 0 Å². The van der Waals surface area contributed by atoms with E-state index < -0.39 is 0 Å². The fourth-order valence-electron chi connectivity index (χ4n) is 1.72. The van der Waals surface area contributed by atoms with Crippen LogP contribution < -0.4 is 10.6 Å². The molecule has 1 heterocycles. The van der Waals surface area contributed by atoms with Crippen LogP contribution in [0.25, 0.3) is 0 Å². The third-order valence-corrected chi connectivity index (χ3v) is 2.98. The number of hydrogen-bond acceptors (Lipinski definition) is 3. The first-order valence-corrected chi connectivity index (χ1v) is 5.57. The van der Waals surface area contributed by atoms with E-state index in [1.54, 1.807) is 6.20 Å². The van der Waals surface area contributed by atoms with Crippen LogP contribution in [0.5, 0.6) is 0 Å². The first-order valence-electron chi connectivity index (χ1n) is 5.57. The van der Waals surface area contributed by atoms with Crippen molar-refractivity contribution in [2.45, 2.75) is 26.3 Å². The monoisotopic (exact) mass is 219 g/mol. The number of hydrogen-bond donors (Lipinski definition) is 2. The zero-order chi connectivity index (χ0) is 11.7.